The minimum absolute atomic E-state index is 0.707. The van der Waals surface area contributed by atoms with E-state index in [0.29, 0.717) is 6.54 Å². The number of quaternary nitrogens is 1. The Labute approximate surface area is 162 Å². The van der Waals surface area contributed by atoms with Crippen molar-refractivity contribution in [2.75, 3.05) is 31.5 Å². The lowest BCUT2D eigenvalue weighted by atomic mass is 10.1. The maximum absolute atomic E-state index is 5.72. The first-order valence-electron chi connectivity index (χ1n) is 9.75. The number of aryl methyl sites for hydroxylation is 1. The molecule has 0 aliphatic carbocycles. The second-order valence-corrected chi connectivity index (χ2v) is 7.43. The number of hydrogen-bond acceptors (Lipinski definition) is 2. The highest BCUT2D eigenvalue weighted by atomic mass is 32.1. The zero-order valence-corrected chi connectivity index (χ0v) is 16.5. The second kappa shape index (κ2) is 9.74. The molecule has 5 heteroatoms. The molecule has 140 valence electrons. The summed E-state index contributed by atoms with van der Waals surface area (Å²) in [7, 11) is 0. The monoisotopic (exact) mass is 372 g/mol. The summed E-state index contributed by atoms with van der Waals surface area (Å²) in [4.78, 5) is 3.92. The van der Waals surface area contributed by atoms with Gasteiger partial charge in [-0.05, 0) is 67.7 Å². The summed E-state index contributed by atoms with van der Waals surface area (Å²) in [5.74, 6) is 0.948. The molecular weight excluding hydrogens is 342 g/mol. The van der Waals surface area contributed by atoms with Crippen molar-refractivity contribution in [1.82, 2.24) is 4.90 Å². The topological polar surface area (TPSA) is 32.9 Å². The van der Waals surface area contributed by atoms with E-state index in [9.17, 15) is 0 Å². The van der Waals surface area contributed by atoms with Crippen LogP contribution < -0.4 is 10.2 Å². The summed E-state index contributed by atoms with van der Waals surface area (Å²) in [6.45, 7) is 7.51. The molecule has 0 amide bonds. The van der Waals surface area contributed by atoms with Crippen LogP contribution in [0.1, 0.15) is 37.5 Å². The molecular formula is C21H30N3OS+. The van der Waals surface area contributed by atoms with Crippen LogP contribution in [0.15, 0.2) is 47.1 Å². The van der Waals surface area contributed by atoms with E-state index in [0.717, 1.165) is 36.1 Å². The van der Waals surface area contributed by atoms with Crippen LogP contribution in [0.3, 0.4) is 0 Å². The van der Waals surface area contributed by atoms with Crippen molar-refractivity contribution in [3.63, 3.8) is 0 Å². The molecule has 2 N–H and O–H groups in total. The number of furan rings is 1. The third-order valence-corrected chi connectivity index (χ3v) is 5.48. The molecule has 2 heterocycles. The first-order chi connectivity index (χ1) is 12.7. The van der Waals surface area contributed by atoms with Gasteiger partial charge in [0.15, 0.2) is 5.11 Å². The van der Waals surface area contributed by atoms with Gasteiger partial charge in [-0.15, -0.1) is 0 Å². The average Bonchev–Trinajstić information content (AvgIpc) is 3.19. The van der Waals surface area contributed by atoms with Crippen LogP contribution >= 0.6 is 12.2 Å². The van der Waals surface area contributed by atoms with Crippen molar-refractivity contribution in [3.05, 3.63) is 54.0 Å². The largest absolute Gasteiger partial charge is 0.467 e. The second-order valence-electron chi connectivity index (χ2n) is 7.04. The van der Waals surface area contributed by atoms with E-state index in [1.54, 1.807) is 11.2 Å². The van der Waals surface area contributed by atoms with Crippen LogP contribution in [0.4, 0.5) is 5.69 Å². The van der Waals surface area contributed by atoms with Gasteiger partial charge in [-0.3, -0.25) is 0 Å². The molecule has 0 radical (unpaired) electrons. The lowest BCUT2D eigenvalue weighted by Gasteiger charge is -2.29. The number of rotatable bonds is 7. The Balaban J connectivity index is 1.61. The molecule has 1 aliphatic heterocycles. The highest BCUT2D eigenvalue weighted by molar-refractivity contribution is 7.80. The molecule has 3 rings (SSSR count). The smallest absolute Gasteiger partial charge is 0.174 e. The van der Waals surface area contributed by atoms with Crippen LogP contribution in [0.25, 0.3) is 0 Å². The highest BCUT2D eigenvalue weighted by Crippen LogP contribution is 2.12. The summed E-state index contributed by atoms with van der Waals surface area (Å²) in [5, 5.41) is 4.17. The van der Waals surface area contributed by atoms with Crippen molar-refractivity contribution in [1.29, 1.82) is 0 Å². The number of likely N-dealkylation sites (tertiary alicyclic amines) is 1. The van der Waals surface area contributed by atoms with Gasteiger partial charge in [0.05, 0.1) is 39.0 Å². The SMILES string of the molecule is CCc1ccc(NC(=S)N(CC[NH+]2CCCCC2)Cc2ccco2)cc1. The maximum Gasteiger partial charge on any atom is 0.174 e. The van der Waals surface area contributed by atoms with E-state index in [1.807, 2.05) is 12.1 Å². The van der Waals surface area contributed by atoms with Gasteiger partial charge in [0.1, 0.15) is 5.76 Å². The van der Waals surface area contributed by atoms with Gasteiger partial charge in [-0.1, -0.05) is 19.1 Å². The van der Waals surface area contributed by atoms with E-state index < -0.39 is 0 Å². The summed E-state index contributed by atoms with van der Waals surface area (Å²) >= 11 is 5.72. The fourth-order valence-corrected chi connectivity index (χ4v) is 3.74. The zero-order valence-electron chi connectivity index (χ0n) is 15.7. The highest BCUT2D eigenvalue weighted by Gasteiger charge is 2.18. The van der Waals surface area contributed by atoms with E-state index in [2.05, 4.69) is 41.4 Å². The molecule has 1 saturated heterocycles. The van der Waals surface area contributed by atoms with E-state index in [-0.39, 0.29) is 0 Å². The molecule has 0 unspecified atom stereocenters. The molecule has 2 aromatic rings. The van der Waals surface area contributed by atoms with Crippen LogP contribution in [0.2, 0.25) is 0 Å². The Kier molecular flexibility index (Phi) is 7.09. The van der Waals surface area contributed by atoms with Gasteiger partial charge < -0.3 is 19.5 Å². The molecule has 0 saturated carbocycles. The van der Waals surface area contributed by atoms with Gasteiger partial charge >= 0.3 is 0 Å². The summed E-state index contributed by atoms with van der Waals surface area (Å²) < 4.78 is 5.55. The molecule has 1 aliphatic rings. The maximum atomic E-state index is 5.72. The van der Waals surface area contributed by atoms with Crippen molar-refractivity contribution in [3.8, 4) is 0 Å². The van der Waals surface area contributed by atoms with Gasteiger partial charge in [0.25, 0.3) is 0 Å². The Bertz CT molecular complexity index is 663. The number of benzene rings is 1. The predicted molar refractivity (Wildman–Crippen MR) is 111 cm³/mol. The standard InChI is InChI=1S/C21H29N3OS/c1-2-18-8-10-19(11-9-18)22-21(26)24(17-20-7-6-16-25-20)15-14-23-12-4-3-5-13-23/h6-11,16H,2-5,12-15,17H2,1H3,(H,22,26)/p+1. The number of anilines is 1. The Morgan fingerprint density at radius 2 is 1.92 bits per heavy atom. The van der Waals surface area contributed by atoms with Gasteiger partial charge in [0, 0.05) is 5.69 Å². The van der Waals surface area contributed by atoms with Crippen molar-refractivity contribution < 1.29 is 9.32 Å². The quantitative estimate of drug-likeness (QED) is 0.732. The summed E-state index contributed by atoms with van der Waals surface area (Å²) in [6, 6.07) is 12.5. The predicted octanol–water partition coefficient (Wildman–Crippen LogP) is 3.11. The number of nitrogens with one attached hydrogen (secondary N) is 2. The van der Waals surface area contributed by atoms with Crippen molar-refractivity contribution >= 4 is 23.0 Å². The number of hydrogen-bond donors (Lipinski definition) is 2. The molecule has 0 bridgehead atoms. The molecule has 1 fully saturated rings. The summed E-state index contributed by atoms with van der Waals surface area (Å²) in [6.07, 6.45) is 6.85. The van der Waals surface area contributed by atoms with E-state index >= 15 is 0 Å². The normalized spacial score (nSPS) is 15.0. The number of nitrogens with zero attached hydrogens (tertiary/aromatic N) is 1. The minimum atomic E-state index is 0.707. The van der Waals surface area contributed by atoms with Crippen LogP contribution in [0.5, 0.6) is 0 Å². The summed E-state index contributed by atoms with van der Waals surface area (Å²) in [5.41, 5.74) is 2.38. The van der Waals surface area contributed by atoms with Gasteiger partial charge in [0.2, 0.25) is 0 Å². The van der Waals surface area contributed by atoms with Crippen LogP contribution in [0, 0.1) is 0 Å². The van der Waals surface area contributed by atoms with Gasteiger partial charge in [-0.2, -0.15) is 0 Å². The fourth-order valence-electron chi connectivity index (χ4n) is 3.46. The average molecular weight is 373 g/mol. The third kappa shape index (κ3) is 5.58. The van der Waals surface area contributed by atoms with E-state index in [1.165, 1.54) is 37.9 Å². The lowest BCUT2D eigenvalue weighted by Crippen LogP contribution is -3.13. The van der Waals surface area contributed by atoms with Crippen molar-refractivity contribution in [2.24, 2.45) is 0 Å². The molecule has 4 nitrogen and oxygen atoms in total. The third-order valence-electron chi connectivity index (χ3n) is 5.12. The van der Waals surface area contributed by atoms with Gasteiger partial charge in [-0.25, -0.2) is 0 Å². The Hall–Kier alpha value is -1.85. The zero-order chi connectivity index (χ0) is 18.2. The number of thiocarbonyl (C=S) groups is 1. The minimum Gasteiger partial charge on any atom is -0.467 e. The first-order valence-corrected chi connectivity index (χ1v) is 10.2. The first kappa shape index (κ1) is 18.9. The Morgan fingerprint density at radius 3 is 2.58 bits per heavy atom. The molecule has 0 spiro atoms. The molecule has 0 atom stereocenters. The molecule has 1 aromatic heterocycles. The van der Waals surface area contributed by atoms with Crippen LogP contribution in [-0.2, 0) is 13.0 Å². The van der Waals surface area contributed by atoms with Crippen LogP contribution in [-0.4, -0.2) is 36.2 Å². The lowest BCUT2D eigenvalue weighted by molar-refractivity contribution is -0.904. The fraction of sp³-hybridized carbons (Fsp3) is 0.476. The molecule has 1 aromatic carbocycles. The molecule has 26 heavy (non-hydrogen) atoms. The van der Waals surface area contributed by atoms with E-state index in [4.69, 9.17) is 16.6 Å². The van der Waals surface area contributed by atoms with Crippen molar-refractivity contribution in [2.45, 2.75) is 39.2 Å². The Morgan fingerprint density at radius 1 is 1.15 bits per heavy atom. The number of piperidine rings is 1.